The van der Waals surface area contributed by atoms with Gasteiger partial charge in [-0.15, -0.1) is 0 Å². The van der Waals surface area contributed by atoms with Crippen LogP contribution in [0.25, 0.3) is 0 Å². The first kappa shape index (κ1) is 11.9. The molecule has 1 aliphatic rings. The van der Waals surface area contributed by atoms with Gasteiger partial charge in [0.15, 0.2) is 0 Å². The molecule has 0 aromatic heterocycles. The predicted octanol–water partition coefficient (Wildman–Crippen LogP) is 3.19. The first-order valence-electron chi connectivity index (χ1n) is 5.51. The molecule has 1 aliphatic carbocycles. The van der Waals surface area contributed by atoms with E-state index in [0.717, 1.165) is 19.3 Å². The van der Waals surface area contributed by atoms with E-state index in [1.807, 2.05) is 0 Å². The van der Waals surface area contributed by atoms with E-state index in [9.17, 15) is 8.78 Å². The number of hydrogen-bond acceptors (Lipinski definition) is 1. The maximum atomic E-state index is 12.7. The topological polar surface area (TPSA) is 26.0 Å². The molecular formula is C11H21F2N. The summed E-state index contributed by atoms with van der Waals surface area (Å²) in [5.74, 6) is 0.989. The van der Waals surface area contributed by atoms with E-state index in [1.54, 1.807) is 0 Å². The molecule has 0 bridgehead atoms. The molecule has 0 aromatic rings. The van der Waals surface area contributed by atoms with Crippen LogP contribution in [0.1, 0.15) is 46.0 Å². The Balaban J connectivity index is 2.51. The van der Waals surface area contributed by atoms with Gasteiger partial charge >= 0.3 is 0 Å². The zero-order chi connectivity index (χ0) is 10.8. The van der Waals surface area contributed by atoms with Gasteiger partial charge in [0, 0.05) is 0 Å². The third-order valence-corrected chi connectivity index (χ3v) is 3.16. The smallest absolute Gasteiger partial charge is 0.256 e. The normalized spacial score (nSPS) is 34.1. The minimum absolute atomic E-state index is 0.405. The highest BCUT2D eigenvalue weighted by Gasteiger charge is 2.40. The molecule has 0 saturated heterocycles. The molecule has 1 rings (SSSR count). The minimum atomic E-state index is -2.36. The molecule has 0 heterocycles. The van der Waals surface area contributed by atoms with Gasteiger partial charge in [-0.3, -0.25) is 0 Å². The van der Waals surface area contributed by atoms with Gasteiger partial charge in [-0.05, 0) is 31.1 Å². The number of rotatable bonds is 3. The molecule has 0 aliphatic heterocycles. The predicted molar refractivity (Wildman–Crippen MR) is 54.3 cm³/mol. The molecular weight excluding hydrogens is 184 g/mol. The zero-order valence-corrected chi connectivity index (χ0v) is 9.10. The van der Waals surface area contributed by atoms with Gasteiger partial charge in [0.05, 0.1) is 5.54 Å². The average molecular weight is 205 g/mol. The van der Waals surface area contributed by atoms with Gasteiger partial charge in [-0.25, -0.2) is 8.78 Å². The molecule has 0 spiro atoms. The first-order chi connectivity index (χ1) is 6.44. The lowest BCUT2D eigenvalue weighted by Gasteiger charge is -2.37. The zero-order valence-electron chi connectivity index (χ0n) is 9.10. The van der Waals surface area contributed by atoms with Crippen LogP contribution in [0.3, 0.4) is 0 Å². The second-order valence-corrected chi connectivity index (χ2v) is 5.13. The molecule has 0 aromatic carbocycles. The molecule has 2 N–H and O–H groups in total. The SMILES string of the molecule is CC(C)CC1CCCC(N)(C(F)F)C1. The van der Waals surface area contributed by atoms with E-state index in [4.69, 9.17) is 5.73 Å². The Kier molecular flexibility index (Phi) is 3.87. The van der Waals surface area contributed by atoms with E-state index < -0.39 is 12.0 Å². The van der Waals surface area contributed by atoms with E-state index >= 15 is 0 Å². The molecule has 84 valence electrons. The van der Waals surface area contributed by atoms with E-state index in [-0.39, 0.29) is 0 Å². The van der Waals surface area contributed by atoms with Gasteiger partial charge < -0.3 is 5.73 Å². The van der Waals surface area contributed by atoms with Gasteiger partial charge in [-0.2, -0.15) is 0 Å². The highest BCUT2D eigenvalue weighted by Crippen LogP contribution is 2.37. The average Bonchev–Trinajstić information content (AvgIpc) is 2.02. The summed E-state index contributed by atoms with van der Waals surface area (Å²) in [4.78, 5) is 0. The Morgan fingerprint density at radius 2 is 2.07 bits per heavy atom. The van der Waals surface area contributed by atoms with Crippen LogP contribution in [0.2, 0.25) is 0 Å². The molecule has 1 nitrogen and oxygen atoms in total. The first-order valence-corrected chi connectivity index (χ1v) is 5.51. The minimum Gasteiger partial charge on any atom is -0.320 e. The van der Waals surface area contributed by atoms with Crippen molar-refractivity contribution in [1.29, 1.82) is 0 Å². The standard InChI is InChI=1S/C11H21F2N/c1-8(2)6-9-4-3-5-11(14,7-9)10(12)13/h8-10H,3-7,14H2,1-2H3. The molecule has 2 atom stereocenters. The van der Waals surface area contributed by atoms with Gasteiger partial charge in [0.1, 0.15) is 0 Å². The second-order valence-electron chi connectivity index (χ2n) is 5.13. The van der Waals surface area contributed by atoms with Crippen LogP contribution in [-0.2, 0) is 0 Å². The lowest BCUT2D eigenvalue weighted by Crippen LogP contribution is -2.50. The largest absolute Gasteiger partial charge is 0.320 e. The van der Waals surface area contributed by atoms with Gasteiger partial charge in [0.25, 0.3) is 6.43 Å². The summed E-state index contributed by atoms with van der Waals surface area (Å²) in [5.41, 5.74) is 4.52. The number of halogens is 2. The molecule has 3 heteroatoms. The fourth-order valence-electron chi connectivity index (χ4n) is 2.53. The fourth-order valence-corrected chi connectivity index (χ4v) is 2.53. The van der Waals surface area contributed by atoms with Crippen LogP contribution >= 0.6 is 0 Å². The molecule has 1 fully saturated rings. The Morgan fingerprint density at radius 1 is 1.43 bits per heavy atom. The molecule has 0 radical (unpaired) electrons. The maximum Gasteiger partial charge on any atom is 0.256 e. The fraction of sp³-hybridized carbons (Fsp3) is 1.00. The summed E-state index contributed by atoms with van der Waals surface area (Å²) in [5, 5.41) is 0. The number of alkyl halides is 2. The van der Waals surface area contributed by atoms with Crippen molar-refractivity contribution in [3.63, 3.8) is 0 Å². The lowest BCUT2D eigenvalue weighted by molar-refractivity contribution is 0.0145. The van der Waals surface area contributed by atoms with Crippen LogP contribution in [-0.4, -0.2) is 12.0 Å². The Hall–Kier alpha value is -0.180. The molecule has 1 saturated carbocycles. The molecule has 0 amide bonds. The molecule has 2 unspecified atom stereocenters. The van der Waals surface area contributed by atoms with Crippen LogP contribution < -0.4 is 5.73 Å². The highest BCUT2D eigenvalue weighted by molar-refractivity contribution is 4.92. The summed E-state index contributed by atoms with van der Waals surface area (Å²) in [6, 6.07) is 0. The molecule has 14 heavy (non-hydrogen) atoms. The number of hydrogen-bond donors (Lipinski definition) is 1. The van der Waals surface area contributed by atoms with E-state index in [1.165, 1.54) is 0 Å². The number of nitrogens with two attached hydrogens (primary N) is 1. The van der Waals surface area contributed by atoms with Crippen LogP contribution in [0.5, 0.6) is 0 Å². The van der Waals surface area contributed by atoms with Crippen molar-refractivity contribution < 1.29 is 8.78 Å². The van der Waals surface area contributed by atoms with Crippen molar-refractivity contribution in [3.05, 3.63) is 0 Å². The summed E-state index contributed by atoms with van der Waals surface area (Å²) < 4.78 is 25.4. The van der Waals surface area contributed by atoms with Crippen molar-refractivity contribution in [1.82, 2.24) is 0 Å². The monoisotopic (exact) mass is 205 g/mol. The summed E-state index contributed by atoms with van der Waals surface area (Å²) in [6.07, 6.45) is 1.59. The van der Waals surface area contributed by atoms with Crippen LogP contribution in [0.4, 0.5) is 8.78 Å². The third-order valence-electron chi connectivity index (χ3n) is 3.16. The lowest BCUT2D eigenvalue weighted by atomic mass is 9.74. The highest BCUT2D eigenvalue weighted by atomic mass is 19.3. The van der Waals surface area contributed by atoms with Crippen LogP contribution in [0.15, 0.2) is 0 Å². The van der Waals surface area contributed by atoms with Crippen LogP contribution in [0, 0.1) is 11.8 Å². The van der Waals surface area contributed by atoms with E-state index in [0.29, 0.717) is 24.7 Å². The van der Waals surface area contributed by atoms with Crippen molar-refractivity contribution in [3.8, 4) is 0 Å². The van der Waals surface area contributed by atoms with Crippen molar-refractivity contribution in [2.24, 2.45) is 17.6 Å². The Morgan fingerprint density at radius 3 is 2.57 bits per heavy atom. The summed E-state index contributed by atoms with van der Waals surface area (Å²) >= 11 is 0. The van der Waals surface area contributed by atoms with Crippen molar-refractivity contribution >= 4 is 0 Å². The summed E-state index contributed by atoms with van der Waals surface area (Å²) in [7, 11) is 0. The van der Waals surface area contributed by atoms with Gasteiger partial charge in [-0.1, -0.05) is 26.7 Å². The third kappa shape index (κ3) is 2.91. The Labute approximate surface area is 85.1 Å². The maximum absolute atomic E-state index is 12.7. The van der Waals surface area contributed by atoms with Gasteiger partial charge in [0.2, 0.25) is 0 Å². The Bertz CT molecular complexity index is 182. The van der Waals surface area contributed by atoms with Crippen molar-refractivity contribution in [2.45, 2.75) is 57.9 Å². The quantitative estimate of drug-likeness (QED) is 0.752. The summed E-state index contributed by atoms with van der Waals surface area (Å²) in [6.45, 7) is 4.27. The van der Waals surface area contributed by atoms with E-state index in [2.05, 4.69) is 13.8 Å². The van der Waals surface area contributed by atoms with Crippen molar-refractivity contribution in [2.75, 3.05) is 0 Å². The second kappa shape index (κ2) is 4.56.